The molecule has 1 aliphatic carbocycles. The summed E-state index contributed by atoms with van der Waals surface area (Å²) in [6.45, 7) is 0. The van der Waals surface area contributed by atoms with Gasteiger partial charge < -0.3 is 11.1 Å². The summed E-state index contributed by atoms with van der Waals surface area (Å²) < 4.78 is 1.70. The average molecular weight is 528 g/mol. The van der Waals surface area contributed by atoms with E-state index in [1.54, 1.807) is 23.0 Å². The zero-order valence-corrected chi connectivity index (χ0v) is 21.3. The molecular weight excluding hydrogens is 506 g/mol. The van der Waals surface area contributed by atoms with Crippen molar-refractivity contribution in [2.75, 3.05) is 5.32 Å². The second-order valence-electron chi connectivity index (χ2n) is 8.62. The predicted octanol–water partition coefficient (Wildman–Crippen LogP) is 5.78. The lowest BCUT2D eigenvalue weighted by Crippen LogP contribution is -2.19. The van der Waals surface area contributed by atoms with Gasteiger partial charge in [0.1, 0.15) is 16.6 Å². The Bertz CT molecular complexity index is 1560. The Morgan fingerprint density at radius 2 is 1.84 bits per heavy atom. The zero-order valence-electron chi connectivity index (χ0n) is 19.7. The number of carbonyl (C=O) groups excluding carboxylic acids is 2. The van der Waals surface area contributed by atoms with Crippen LogP contribution in [0.2, 0.25) is 5.02 Å². The third-order valence-corrected chi connectivity index (χ3v) is 7.65. The number of nitrogens with zero attached hydrogens (tertiary/aromatic N) is 3. The number of aromatic nitrogens is 2. The summed E-state index contributed by atoms with van der Waals surface area (Å²) in [7, 11) is 0. The first-order valence-corrected chi connectivity index (χ1v) is 12.9. The Morgan fingerprint density at radius 1 is 1.11 bits per heavy atom. The summed E-state index contributed by atoms with van der Waals surface area (Å²) in [5.41, 5.74) is 9.59. The van der Waals surface area contributed by atoms with Crippen LogP contribution in [0.15, 0.2) is 66.4 Å². The lowest BCUT2D eigenvalue weighted by molar-refractivity contribution is -0.112. The molecule has 184 valence electrons. The molecule has 0 saturated heterocycles. The van der Waals surface area contributed by atoms with Gasteiger partial charge in [0.25, 0.3) is 11.8 Å². The first-order chi connectivity index (χ1) is 17.9. The van der Waals surface area contributed by atoms with Gasteiger partial charge in [0.05, 0.1) is 16.9 Å². The number of hydrogen-bond donors (Lipinski definition) is 2. The number of nitrogens with two attached hydrogens (primary N) is 1. The van der Waals surface area contributed by atoms with Crippen molar-refractivity contribution in [2.45, 2.75) is 25.7 Å². The number of rotatable bonds is 6. The molecule has 4 aromatic rings. The monoisotopic (exact) mass is 527 g/mol. The fourth-order valence-corrected chi connectivity index (χ4v) is 5.84. The number of aryl methyl sites for hydroxylation is 1. The Kier molecular flexibility index (Phi) is 6.91. The minimum atomic E-state index is -0.613. The summed E-state index contributed by atoms with van der Waals surface area (Å²) in [5.74, 6) is -1.19. The van der Waals surface area contributed by atoms with Gasteiger partial charge in [0.2, 0.25) is 0 Å². The number of nitrogens with one attached hydrogen (secondary N) is 1. The van der Waals surface area contributed by atoms with Crippen molar-refractivity contribution in [3.05, 3.63) is 93.0 Å². The molecule has 1 aliphatic rings. The van der Waals surface area contributed by atoms with Crippen molar-refractivity contribution < 1.29 is 9.59 Å². The minimum absolute atomic E-state index is 0.121. The molecule has 3 N–H and O–H groups in total. The highest BCUT2D eigenvalue weighted by Gasteiger charge is 2.26. The Morgan fingerprint density at radius 3 is 2.54 bits per heavy atom. The number of anilines is 1. The van der Waals surface area contributed by atoms with Crippen LogP contribution in [0, 0.1) is 11.3 Å². The molecule has 9 heteroatoms. The SMILES string of the molecule is N#C/C(=C\c1cn(-c2ccccc2)nc1-c1ccc(Cl)cc1)C(=O)Nc1sc2c(c1C(N)=O)CCCC2. The van der Waals surface area contributed by atoms with Crippen molar-refractivity contribution in [2.24, 2.45) is 5.73 Å². The van der Waals surface area contributed by atoms with Crippen molar-refractivity contribution in [3.63, 3.8) is 0 Å². The van der Waals surface area contributed by atoms with Crippen LogP contribution in [0.25, 0.3) is 23.0 Å². The second-order valence-corrected chi connectivity index (χ2v) is 10.2. The smallest absolute Gasteiger partial charge is 0.266 e. The van der Waals surface area contributed by atoms with Crippen LogP contribution in [-0.2, 0) is 17.6 Å². The highest BCUT2D eigenvalue weighted by molar-refractivity contribution is 7.17. The van der Waals surface area contributed by atoms with Gasteiger partial charge in [0, 0.05) is 27.2 Å². The molecule has 0 unspecified atom stereocenters. The number of primary amides is 1. The molecule has 2 amide bonds. The molecule has 2 aromatic heterocycles. The maximum Gasteiger partial charge on any atom is 0.266 e. The van der Waals surface area contributed by atoms with E-state index in [1.165, 1.54) is 17.4 Å². The van der Waals surface area contributed by atoms with Gasteiger partial charge in [-0.05, 0) is 61.6 Å². The topological polar surface area (TPSA) is 114 Å². The van der Waals surface area contributed by atoms with Crippen molar-refractivity contribution >= 4 is 45.8 Å². The van der Waals surface area contributed by atoms with E-state index in [1.807, 2.05) is 48.5 Å². The Labute approximate surface area is 222 Å². The molecule has 2 heterocycles. The molecule has 0 spiro atoms. The number of nitriles is 1. The van der Waals surface area contributed by atoms with Gasteiger partial charge in [-0.2, -0.15) is 10.4 Å². The third kappa shape index (κ3) is 5.05. The number of para-hydroxylation sites is 1. The summed E-state index contributed by atoms with van der Waals surface area (Å²) >= 11 is 7.43. The summed E-state index contributed by atoms with van der Waals surface area (Å²) in [4.78, 5) is 26.5. The number of fused-ring (bicyclic) bond motifs is 1. The van der Waals surface area contributed by atoms with E-state index >= 15 is 0 Å². The number of carbonyl (C=O) groups is 2. The zero-order chi connectivity index (χ0) is 25.9. The number of amides is 2. The highest BCUT2D eigenvalue weighted by Crippen LogP contribution is 2.38. The molecule has 0 radical (unpaired) electrons. The standard InChI is InChI=1S/C28H22ClN5O2S/c29-20-12-10-17(11-13-20)25-19(16-34(33-25)21-6-2-1-3-7-21)14-18(15-30)27(36)32-28-24(26(31)35)22-8-4-5-9-23(22)37-28/h1-3,6-7,10-14,16H,4-5,8-9H2,(H2,31,35)(H,32,36)/b18-14+. The van der Waals surface area contributed by atoms with Gasteiger partial charge in [0.15, 0.2) is 0 Å². The molecule has 7 nitrogen and oxygen atoms in total. The molecule has 2 aromatic carbocycles. The predicted molar refractivity (Wildman–Crippen MR) is 146 cm³/mol. The minimum Gasteiger partial charge on any atom is -0.365 e. The fraction of sp³-hybridized carbons (Fsp3) is 0.143. The number of halogens is 1. The van der Waals surface area contributed by atoms with Crippen molar-refractivity contribution in [1.82, 2.24) is 9.78 Å². The summed E-state index contributed by atoms with van der Waals surface area (Å²) in [6.07, 6.45) is 6.87. The van der Waals surface area contributed by atoms with Crippen molar-refractivity contribution in [3.8, 4) is 23.0 Å². The lowest BCUT2D eigenvalue weighted by Gasteiger charge is -2.11. The molecule has 5 rings (SSSR count). The largest absolute Gasteiger partial charge is 0.365 e. The quantitative estimate of drug-likeness (QED) is 0.244. The van der Waals surface area contributed by atoms with E-state index in [0.29, 0.717) is 26.8 Å². The van der Waals surface area contributed by atoms with Crippen LogP contribution >= 0.6 is 22.9 Å². The molecule has 0 bridgehead atoms. The molecule has 0 aliphatic heterocycles. The number of thiophene rings is 1. The van der Waals surface area contributed by atoms with Crippen LogP contribution in [0.1, 0.15) is 39.2 Å². The van der Waals surface area contributed by atoms with Crippen LogP contribution in [0.4, 0.5) is 5.00 Å². The molecule has 0 fully saturated rings. The third-order valence-electron chi connectivity index (χ3n) is 6.19. The summed E-state index contributed by atoms with van der Waals surface area (Å²) in [5, 5.41) is 18.4. The number of hydrogen-bond acceptors (Lipinski definition) is 5. The van der Waals surface area contributed by atoms with Gasteiger partial charge in [-0.25, -0.2) is 4.68 Å². The van der Waals surface area contributed by atoms with Crippen molar-refractivity contribution in [1.29, 1.82) is 5.26 Å². The highest BCUT2D eigenvalue weighted by atomic mass is 35.5. The van der Waals surface area contributed by atoms with E-state index in [-0.39, 0.29) is 5.57 Å². The van der Waals surface area contributed by atoms with Gasteiger partial charge in [-0.1, -0.05) is 41.9 Å². The maximum atomic E-state index is 13.2. The van der Waals surface area contributed by atoms with Gasteiger partial charge in [-0.3, -0.25) is 9.59 Å². The van der Waals surface area contributed by atoms with Crippen LogP contribution in [0.3, 0.4) is 0 Å². The second kappa shape index (κ2) is 10.4. The maximum absolute atomic E-state index is 13.2. The Hall–Kier alpha value is -4.19. The first-order valence-electron chi connectivity index (χ1n) is 11.7. The molecule has 37 heavy (non-hydrogen) atoms. The first kappa shape index (κ1) is 24.5. The van der Waals surface area contributed by atoms with E-state index in [2.05, 4.69) is 5.32 Å². The van der Waals surface area contributed by atoms with E-state index < -0.39 is 11.8 Å². The van der Waals surface area contributed by atoms with Gasteiger partial charge >= 0.3 is 0 Å². The normalized spacial score (nSPS) is 13.0. The van der Waals surface area contributed by atoms with Crippen LogP contribution in [-0.4, -0.2) is 21.6 Å². The fourth-order valence-electron chi connectivity index (χ4n) is 4.43. The molecular formula is C28H22ClN5O2S. The van der Waals surface area contributed by atoms with E-state index in [4.69, 9.17) is 22.4 Å². The Balaban J connectivity index is 1.53. The lowest BCUT2D eigenvalue weighted by atomic mass is 9.95. The van der Waals surface area contributed by atoms with Crippen LogP contribution < -0.4 is 11.1 Å². The van der Waals surface area contributed by atoms with E-state index in [0.717, 1.165) is 47.4 Å². The van der Waals surface area contributed by atoms with Gasteiger partial charge in [-0.15, -0.1) is 11.3 Å². The molecule has 0 atom stereocenters. The average Bonchev–Trinajstić information content (AvgIpc) is 3.49. The van der Waals surface area contributed by atoms with Crippen LogP contribution in [0.5, 0.6) is 0 Å². The summed E-state index contributed by atoms with van der Waals surface area (Å²) in [6, 6.07) is 18.7. The number of benzene rings is 2. The molecule has 0 saturated carbocycles. The van der Waals surface area contributed by atoms with E-state index in [9.17, 15) is 14.9 Å².